The molecule has 1 aromatic rings. The molecule has 0 amide bonds. The van der Waals surface area contributed by atoms with Crippen molar-refractivity contribution in [1.29, 1.82) is 0 Å². The summed E-state index contributed by atoms with van der Waals surface area (Å²) in [7, 11) is -0.252. The second kappa shape index (κ2) is 6.79. The van der Waals surface area contributed by atoms with Crippen molar-refractivity contribution in [3.8, 4) is 0 Å². The Morgan fingerprint density at radius 2 is 1.93 bits per heavy atom. The fourth-order valence-electron chi connectivity index (χ4n) is 1.39. The fourth-order valence-corrected chi connectivity index (χ4v) is 2.49. The molecule has 0 N–H and O–H groups in total. The van der Waals surface area contributed by atoms with Gasteiger partial charge in [0, 0.05) is 6.10 Å². The van der Waals surface area contributed by atoms with E-state index < -0.39 is 0 Å². The summed E-state index contributed by atoms with van der Waals surface area (Å²) in [5.74, 6) is 0. The summed E-state index contributed by atoms with van der Waals surface area (Å²) in [6.07, 6.45) is 2.91. The Kier molecular flexibility index (Phi) is 5.57. The summed E-state index contributed by atoms with van der Waals surface area (Å²) in [4.78, 5) is 0. The van der Waals surface area contributed by atoms with E-state index >= 15 is 0 Å². The molecule has 0 fully saturated rings. The maximum absolute atomic E-state index is 5.62. The Labute approximate surface area is 89.4 Å². The molecule has 2 heteroatoms. The monoisotopic (exact) mass is 208 g/mol. The zero-order valence-corrected chi connectivity index (χ0v) is 10.6. The van der Waals surface area contributed by atoms with Gasteiger partial charge in [0.2, 0.25) is 0 Å². The average molecular weight is 208 g/mol. The van der Waals surface area contributed by atoms with E-state index in [1.807, 2.05) is 0 Å². The molecule has 1 nitrogen and oxygen atoms in total. The van der Waals surface area contributed by atoms with Gasteiger partial charge in [0.25, 0.3) is 0 Å². The van der Waals surface area contributed by atoms with Crippen molar-refractivity contribution in [2.24, 2.45) is 0 Å². The second-order valence-electron chi connectivity index (χ2n) is 3.86. The minimum absolute atomic E-state index is 0.252. The highest BCUT2D eigenvalue weighted by Gasteiger charge is 1.95. The molecule has 0 atom stereocenters. The SMILES string of the molecule is CC(C)O[SiH2]CCCc1ccccc1. The van der Waals surface area contributed by atoms with Crippen LogP contribution in [0.5, 0.6) is 0 Å². The minimum Gasteiger partial charge on any atom is -0.422 e. The number of benzene rings is 1. The average Bonchev–Trinajstić information content (AvgIpc) is 2.18. The molecule has 1 aromatic carbocycles. The van der Waals surface area contributed by atoms with Crippen LogP contribution in [0.4, 0.5) is 0 Å². The quantitative estimate of drug-likeness (QED) is 0.516. The third-order valence-electron chi connectivity index (χ3n) is 2.15. The van der Waals surface area contributed by atoms with Gasteiger partial charge in [-0.05, 0) is 31.9 Å². The predicted octanol–water partition coefficient (Wildman–Crippen LogP) is 2.55. The largest absolute Gasteiger partial charge is 0.422 e. The van der Waals surface area contributed by atoms with Gasteiger partial charge in [-0.25, -0.2) is 0 Å². The highest BCUT2D eigenvalue weighted by molar-refractivity contribution is 6.27. The van der Waals surface area contributed by atoms with Crippen molar-refractivity contribution >= 4 is 9.76 Å². The summed E-state index contributed by atoms with van der Waals surface area (Å²) in [6.45, 7) is 4.23. The van der Waals surface area contributed by atoms with Gasteiger partial charge in [-0.3, -0.25) is 0 Å². The van der Waals surface area contributed by atoms with Crippen LogP contribution in [0.15, 0.2) is 30.3 Å². The summed E-state index contributed by atoms with van der Waals surface area (Å²) in [5, 5.41) is 0. The third kappa shape index (κ3) is 5.20. The number of aryl methyl sites for hydroxylation is 1. The highest BCUT2D eigenvalue weighted by atomic mass is 28.2. The summed E-state index contributed by atoms with van der Waals surface area (Å²) in [5.41, 5.74) is 1.45. The van der Waals surface area contributed by atoms with Gasteiger partial charge < -0.3 is 4.43 Å². The lowest BCUT2D eigenvalue weighted by Gasteiger charge is -2.06. The molecule has 1 rings (SSSR count). The molecule has 0 aliphatic heterocycles. The van der Waals surface area contributed by atoms with E-state index in [1.54, 1.807) is 0 Å². The molecule has 14 heavy (non-hydrogen) atoms. The van der Waals surface area contributed by atoms with Crippen LogP contribution < -0.4 is 0 Å². The first-order valence-corrected chi connectivity index (χ1v) is 7.02. The van der Waals surface area contributed by atoms with Crippen LogP contribution in [0.1, 0.15) is 25.8 Å². The molecule has 0 unspecified atom stereocenters. The molecule has 0 aliphatic rings. The first-order valence-electron chi connectivity index (χ1n) is 5.44. The Balaban J connectivity index is 2.05. The van der Waals surface area contributed by atoms with E-state index in [4.69, 9.17) is 4.43 Å². The van der Waals surface area contributed by atoms with Gasteiger partial charge in [-0.2, -0.15) is 0 Å². The Hall–Kier alpha value is -0.603. The molecular formula is C12H20OSi. The van der Waals surface area contributed by atoms with Crippen molar-refractivity contribution in [1.82, 2.24) is 0 Å². The number of hydrogen-bond acceptors (Lipinski definition) is 1. The molecule has 0 bridgehead atoms. The zero-order chi connectivity index (χ0) is 10.2. The normalized spacial score (nSPS) is 11.6. The Bertz CT molecular complexity index is 233. The second-order valence-corrected chi connectivity index (χ2v) is 5.31. The molecule has 0 spiro atoms. The van der Waals surface area contributed by atoms with Gasteiger partial charge in [0.05, 0.1) is 0 Å². The lowest BCUT2D eigenvalue weighted by atomic mass is 10.1. The topological polar surface area (TPSA) is 9.23 Å². The van der Waals surface area contributed by atoms with Crippen molar-refractivity contribution < 1.29 is 4.43 Å². The summed E-state index contributed by atoms with van der Waals surface area (Å²) < 4.78 is 5.62. The molecule has 0 saturated carbocycles. The van der Waals surface area contributed by atoms with Crippen LogP contribution in [-0.2, 0) is 10.8 Å². The summed E-state index contributed by atoms with van der Waals surface area (Å²) in [6, 6.07) is 12.0. The van der Waals surface area contributed by atoms with Crippen molar-refractivity contribution in [2.45, 2.75) is 38.8 Å². The molecular weight excluding hydrogens is 188 g/mol. The smallest absolute Gasteiger partial charge is 0.161 e. The molecule has 0 heterocycles. The number of rotatable bonds is 6. The van der Waals surface area contributed by atoms with Gasteiger partial charge in [-0.1, -0.05) is 36.8 Å². The maximum atomic E-state index is 5.62. The van der Waals surface area contributed by atoms with E-state index in [-0.39, 0.29) is 9.76 Å². The van der Waals surface area contributed by atoms with E-state index in [0.29, 0.717) is 6.10 Å². The first-order chi connectivity index (χ1) is 6.79. The van der Waals surface area contributed by atoms with Crippen LogP contribution in [-0.4, -0.2) is 15.9 Å². The van der Waals surface area contributed by atoms with Crippen molar-refractivity contribution in [2.75, 3.05) is 0 Å². The van der Waals surface area contributed by atoms with Gasteiger partial charge >= 0.3 is 0 Å². The van der Waals surface area contributed by atoms with Crippen LogP contribution in [0, 0.1) is 0 Å². The molecule has 0 radical (unpaired) electrons. The third-order valence-corrected chi connectivity index (χ3v) is 3.84. The maximum Gasteiger partial charge on any atom is 0.161 e. The van der Waals surface area contributed by atoms with Gasteiger partial charge in [-0.15, -0.1) is 0 Å². The van der Waals surface area contributed by atoms with E-state index in [1.165, 1.54) is 24.4 Å². The van der Waals surface area contributed by atoms with Crippen molar-refractivity contribution in [3.05, 3.63) is 35.9 Å². The first kappa shape index (κ1) is 11.5. The molecule has 0 aliphatic carbocycles. The molecule has 78 valence electrons. The molecule has 0 aromatic heterocycles. The summed E-state index contributed by atoms with van der Waals surface area (Å²) >= 11 is 0. The Morgan fingerprint density at radius 1 is 1.21 bits per heavy atom. The van der Waals surface area contributed by atoms with Crippen LogP contribution in [0.3, 0.4) is 0 Å². The lowest BCUT2D eigenvalue weighted by Crippen LogP contribution is -2.06. The number of hydrogen-bond donors (Lipinski definition) is 0. The molecule has 0 saturated heterocycles. The highest BCUT2D eigenvalue weighted by Crippen LogP contribution is 2.04. The fraction of sp³-hybridized carbons (Fsp3) is 0.500. The zero-order valence-electron chi connectivity index (χ0n) is 9.20. The van der Waals surface area contributed by atoms with Crippen LogP contribution >= 0.6 is 0 Å². The Morgan fingerprint density at radius 3 is 2.57 bits per heavy atom. The van der Waals surface area contributed by atoms with Crippen LogP contribution in [0.2, 0.25) is 6.04 Å². The van der Waals surface area contributed by atoms with E-state index in [9.17, 15) is 0 Å². The standard InChI is InChI=1S/C12H20OSi/c1-11(2)13-14-10-6-9-12-7-4-3-5-8-12/h3-5,7-8,11H,6,9-10,14H2,1-2H3. The van der Waals surface area contributed by atoms with Crippen LogP contribution in [0.25, 0.3) is 0 Å². The van der Waals surface area contributed by atoms with E-state index in [0.717, 1.165) is 0 Å². The van der Waals surface area contributed by atoms with E-state index in [2.05, 4.69) is 44.2 Å². The minimum atomic E-state index is -0.252. The predicted molar refractivity (Wildman–Crippen MR) is 64.3 cm³/mol. The van der Waals surface area contributed by atoms with Gasteiger partial charge in [0.1, 0.15) is 0 Å². The lowest BCUT2D eigenvalue weighted by molar-refractivity contribution is 0.255. The van der Waals surface area contributed by atoms with Crippen molar-refractivity contribution in [3.63, 3.8) is 0 Å². The van der Waals surface area contributed by atoms with Gasteiger partial charge in [0.15, 0.2) is 9.76 Å².